The van der Waals surface area contributed by atoms with Gasteiger partial charge in [-0.05, 0) is 30.9 Å². The number of likely N-dealkylation sites (tertiary alicyclic amines) is 1. The molecule has 1 aliphatic heterocycles. The molecule has 3 rings (SSSR count). The third-order valence-electron chi connectivity index (χ3n) is 4.92. The minimum Gasteiger partial charge on any atom is -0.497 e. The monoisotopic (exact) mass is 352 g/mol. The zero-order valence-electron chi connectivity index (χ0n) is 13.9. The first-order valence-electron chi connectivity index (χ1n) is 8.43. The second-order valence-electron chi connectivity index (χ2n) is 6.59. The number of methoxy groups -OCH3 is 1. The number of amides is 1. The summed E-state index contributed by atoms with van der Waals surface area (Å²) in [5.41, 5.74) is 0. The van der Waals surface area contributed by atoms with E-state index in [9.17, 15) is 13.2 Å². The van der Waals surface area contributed by atoms with Crippen LogP contribution in [0.15, 0.2) is 29.2 Å². The third-order valence-corrected chi connectivity index (χ3v) is 6.34. The van der Waals surface area contributed by atoms with Gasteiger partial charge < -0.3 is 9.64 Å². The zero-order chi connectivity index (χ0) is 17.2. The van der Waals surface area contributed by atoms with Crippen molar-refractivity contribution in [3.8, 4) is 5.75 Å². The largest absolute Gasteiger partial charge is 0.497 e. The van der Waals surface area contributed by atoms with E-state index in [2.05, 4.69) is 4.72 Å². The lowest BCUT2D eigenvalue weighted by molar-refractivity contribution is -0.129. The summed E-state index contributed by atoms with van der Waals surface area (Å²) in [5.74, 6) is 0.701. The summed E-state index contributed by atoms with van der Waals surface area (Å²) in [5, 5.41) is 0. The Hall–Kier alpha value is -1.60. The number of benzene rings is 1. The average Bonchev–Trinajstić information content (AvgIpc) is 3.22. The van der Waals surface area contributed by atoms with E-state index < -0.39 is 10.0 Å². The molecule has 1 heterocycles. The molecular formula is C17H24N2O4S. The smallest absolute Gasteiger partial charge is 0.240 e. The average molecular weight is 352 g/mol. The Morgan fingerprint density at radius 2 is 2.04 bits per heavy atom. The van der Waals surface area contributed by atoms with Crippen LogP contribution >= 0.6 is 0 Å². The quantitative estimate of drug-likeness (QED) is 0.846. The van der Waals surface area contributed by atoms with E-state index >= 15 is 0 Å². The van der Waals surface area contributed by atoms with Gasteiger partial charge in [0.2, 0.25) is 15.9 Å². The van der Waals surface area contributed by atoms with Gasteiger partial charge in [0.15, 0.2) is 0 Å². The lowest BCUT2D eigenvalue weighted by Gasteiger charge is -2.24. The van der Waals surface area contributed by atoms with Crippen molar-refractivity contribution in [3.63, 3.8) is 0 Å². The van der Waals surface area contributed by atoms with Gasteiger partial charge >= 0.3 is 0 Å². The summed E-state index contributed by atoms with van der Waals surface area (Å²) in [6, 6.07) is 6.74. The van der Waals surface area contributed by atoms with Gasteiger partial charge in [-0.3, -0.25) is 4.79 Å². The molecular weight excluding hydrogens is 328 g/mol. The Morgan fingerprint density at radius 3 is 2.75 bits per heavy atom. The van der Waals surface area contributed by atoms with Crippen LogP contribution in [0.2, 0.25) is 0 Å². The highest BCUT2D eigenvalue weighted by Crippen LogP contribution is 2.29. The summed E-state index contributed by atoms with van der Waals surface area (Å²) in [4.78, 5) is 14.3. The molecule has 0 aromatic heterocycles. The van der Waals surface area contributed by atoms with Gasteiger partial charge in [-0.1, -0.05) is 18.9 Å². The molecule has 1 saturated carbocycles. The molecule has 1 aromatic rings. The molecule has 1 saturated heterocycles. The number of hydrogen-bond acceptors (Lipinski definition) is 4. The van der Waals surface area contributed by atoms with E-state index in [4.69, 9.17) is 4.74 Å². The van der Waals surface area contributed by atoms with E-state index in [-0.39, 0.29) is 23.3 Å². The molecule has 1 amide bonds. The Kier molecular flexibility index (Phi) is 5.10. The van der Waals surface area contributed by atoms with Crippen LogP contribution in [0.25, 0.3) is 0 Å². The summed E-state index contributed by atoms with van der Waals surface area (Å²) in [7, 11) is -2.09. The van der Waals surface area contributed by atoms with E-state index in [1.165, 1.54) is 32.1 Å². The Labute approximate surface area is 143 Å². The van der Waals surface area contributed by atoms with Gasteiger partial charge in [0.1, 0.15) is 5.75 Å². The molecule has 132 valence electrons. The van der Waals surface area contributed by atoms with Crippen LogP contribution in [0.4, 0.5) is 0 Å². The number of sulfonamides is 1. The van der Waals surface area contributed by atoms with Crippen molar-refractivity contribution >= 4 is 15.9 Å². The maximum Gasteiger partial charge on any atom is 0.240 e. The fourth-order valence-corrected chi connectivity index (χ4v) is 4.74. The number of nitrogens with zero attached hydrogens (tertiary/aromatic N) is 1. The molecule has 6 nitrogen and oxygen atoms in total. The number of nitrogens with one attached hydrogen (secondary N) is 1. The van der Waals surface area contributed by atoms with Crippen LogP contribution in [0.3, 0.4) is 0 Å². The van der Waals surface area contributed by atoms with E-state index in [0.29, 0.717) is 24.8 Å². The summed E-state index contributed by atoms with van der Waals surface area (Å²) in [6.45, 7) is 0.943. The van der Waals surface area contributed by atoms with Crippen molar-refractivity contribution in [2.45, 2.75) is 43.0 Å². The number of hydrogen-bond donors (Lipinski definition) is 1. The lowest BCUT2D eigenvalue weighted by Crippen LogP contribution is -2.36. The number of carbonyl (C=O) groups excluding carboxylic acids is 1. The first-order chi connectivity index (χ1) is 11.5. The van der Waals surface area contributed by atoms with Crippen LogP contribution < -0.4 is 9.46 Å². The van der Waals surface area contributed by atoms with E-state index in [1.54, 1.807) is 12.1 Å². The summed E-state index contributed by atoms with van der Waals surface area (Å²) in [6.07, 6.45) is 4.95. The highest BCUT2D eigenvalue weighted by atomic mass is 32.2. The number of carbonyl (C=O) groups is 1. The Bertz CT molecular complexity index is 698. The molecule has 0 radical (unpaired) electrons. The SMILES string of the molecule is COc1cccc(S(=O)(=O)NC[C@@H]2CC(=O)N(C3CCCC3)C2)c1. The second kappa shape index (κ2) is 7.11. The standard InChI is InChI=1S/C17H24N2O4S/c1-23-15-7-4-8-16(10-15)24(21,22)18-11-13-9-17(20)19(12-13)14-5-2-3-6-14/h4,7-8,10,13-14,18H,2-3,5-6,9,11-12H2,1H3/t13-/m0/s1. The van der Waals surface area contributed by atoms with Gasteiger partial charge in [-0.25, -0.2) is 13.1 Å². The molecule has 0 spiro atoms. The normalized spacial score (nSPS) is 22.3. The second-order valence-corrected chi connectivity index (χ2v) is 8.35. The van der Waals surface area contributed by atoms with Gasteiger partial charge in [-0.2, -0.15) is 0 Å². The van der Waals surface area contributed by atoms with Crippen molar-refractivity contribution in [2.24, 2.45) is 5.92 Å². The predicted octanol–water partition coefficient (Wildman–Crippen LogP) is 1.76. The fourth-order valence-electron chi connectivity index (χ4n) is 3.59. The van der Waals surface area contributed by atoms with Crippen molar-refractivity contribution in [1.82, 2.24) is 9.62 Å². The predicted molar refractivity (Wildman–Crippen MR) is 90.3 cm³/mol. The lowest BCUT2D eigenvalue weighted by atomic mass is 10.1. The third kappa shape index (κ3) is 3.72. The van der Waals surface area contributed by atoms with Crippen molar-refractivity contribution in [3.05, 3.63) is 24.3 Å². The van der Waals surface area contributed by atoms with Crippen LogP contribution in [0.5, 0.6) is 5.75 Å². The molecule has 0 bridgehead atoms. The van der Waals surface area contributed by atoms with Gasteiger partial charge in [0, 0.05) is 31.6 Å². The van der Waals surface area contributed by atoms with E-state index in [0.717, 1.165) is 12.8 Å². The molecule has 2 fully saturated rings. The fraction of sp³-hybridized carbons (Fsp3) is 0.588. The van der Waals surface area contributed by atoms with Crippen LogP contribution in [0.1, 0.15) is 32.1 Å². The van der Waals surface area contributed by atoms with E-state index in [1.807, 2.05) is 4.90 Å². The van der Waals surface area contributed by atoms with Crippen molar-refractivity contribution in [2.75, 3.05) is 20.2 Å². The topological polar surface area (TPSA) is 75.7 Å². The molecule has 1 aliphatic carbocycles. The maximum atomic E-state index is 12.4. The van der Waals surface area contributed by atoms with Crippen LogP contribution in [-0.4, -0.2) is 45.5 Å². The van der Waals surface area contributed by atoms with Crippen molar-refractivity contribution < 1.29 is 17.9 Å². The molecule has 2 aliphatic rings. The minimum atomic E-state index is -3.59. The van der Waals surface area contributed by atoms with Crippen molar-refractivity contribution in [1.29, 1.82) is 0 Å². The van der Waals surface area contributed by atoms with Gasteiger partial charge in [-0.15, -0.1) is 0 Å². The van der Waals surface area contributed by atoms with Gasteiger partial charge in [0.05, 0.1) is 12.0 Å². The highest BCUT2D eigenvalue weighted by molar-refractivity contribution is 7.89. The molecule has 7 heteroatoms. The molecule has 0 unspecified atom stereocenters. The minimum absolute atomic E-state index is 0.0403. The number of rotatable bonds is 6. The van der Waals surface area contributed by atoms with Crippen LogP contribution in [0, 0.1) is 5.92 Å². The van der Waals surface area contributed by atoms with Crippen LogP contribution in [-0.2, 0) is 14.8 Å². The molecule has 1 aromatic carbocycles. The first kappa shape index (κ1) is 17.2. The Morgan fingerprint density at radius 1 is 1.29 bits per heavy atom. The highest BCUT2D eigenvalue weighted by Gasteiger charge is 2.35. The molecule has 1 N–H and O–H groups in total. The summed E-state index contributed by atoms with van der Waals surface area (Å²) >= 11 is 0. The maximum absolute atomic E-state index is 12.4. The van der Waals surface area contributed by atoms with Gasteiger partial charge in [0.25, 0.3) is 0 Å². The molecule has 24 heavy (non-hydrogen) atoms. The number of ether oxygens (including phenoxy) is 1. The Balaban J connectivity index is 1.59. The molecule has 1 atom stereocenters. The summed E-state index contributed by atoms with van der Waals surface area (Å²) < 4.78 is 32.5. The zero-order valence-corrected chi connectivity index (χ0v) is 14.7. The first-order valence-corrected chi connectivity index (χ1v) is 9.91.